The predicted molar refractivity (Wildman–Crippen MR) is 108 cm³/mol. The molecule has 0 radical (unpaired) electrons. The largest absolute Gasteiger partial charge is 0.495 e. The number of amides is 1. The number of carbonyl (C=O) groups is 1. The maximum Gasteiger partial charge on any atom is 0.248 e. The normalized spacial score (nSPS) is 29.6. The third kappa shape index (κ3) is 2.30. The van der Waals surface area contributed by atoms with Crippen LogP contribution in [0.2, 0.25) is 0 Å². The molecule has 1 aromatic carbocycles. The first-order chi connectivity index (χ1) is 13.6. The molecule has 0 unspecified atom stereocenters. The Balaban J connectivity index is 1.49. The first kappa shape index (κ1) is 17.7. The van der Waals surface area contributed by atoms with E-state index in [9.17, 15) is 4.79 Å². The minimum absolute atomic E-state index is 0.241. The SMILES string of the molecule is COc1ccccc1N1C[C@@H]2C[C@@H](c3cc(C(C)C)n[nH]3)N3CCC[C@@]23C1=O. The Hall–Kier alpha value is -2.34. The summed E-state index contributed by atoms with van der Waals surface area (Å²) in [6, 6.07) is 10.3. The number of H-pyrrole nitrogens is 1. The van der Waals surface area contributed by atoms with Crippen LogP contribution in [0, 0.1) is 5.92 Å². The third-order valence-electron chi connectivity index (χ3n) is 6.99. The van der Waals surface area contributed by atoms with Crippen molar-refractivity contribution >= 4 is 11.6 Å². The zero-order valence-corrected chi connectivity index (χ0v) is 16.8. The van der Waals surface area contributed by atoms with Crippen molar-refractivity contribution in [3.05, 3.63) is 41.7 Å². The fraction of sp³-hybridized carbons (Fsp3) is 0.545. The van der Waals surface area contributed by atoms with Crippen LogP contribution in [0.1, 0.15) is 56.5 Å². The van der Waals surface area contributed by atoms with Crippen LogP contribution in [-0.4, -0.2) is 46.7 Å². The van der Waals surface area contributed by atoms with Crippen molar-refractivity contribution in [3.8, 4) is 5.75 Å². The Labute approximate surface area is 165 Å². The van der Waals surface area contributed by atoms with E-state index in [1.165, 1.54) is 0 Å². The first-order valence-electron chi connectivity index (χ1n) is 10.3. The summed E-state index contributed by atoms with van der Waals surface area (Å²) in [6.45, 7) is 6.06. The number of benzene rings is 1. The highest BCUT2D eigenvalue weighted by molar-refractivity contribution is 6.04. The van der Waals surface area contributed by atoms with Crippen LogP contribution in [0.15, 0.2) is 30.3 Å². The smallest absolute Gasteiger partial charge is 0.248 e. The second kappa shape index (κ2) is 6.34. The van der Waals surface area contributed by atoms with Gasteiger partial charge in [-0.05, 0) is 49.9 Å². The van der Waals surface area contributed by atoms with Gasteiger partial charge in [-0.1, -0.05) is 26.0 Å². The van der Waals surface area contributed by atoms with E-state index in [1.54, 1.807) is 7.11 Å². The lowest BCUT2D eigenvalue weighted by molar-refractivity contribution is -0.126. The van der Waals surface area contributed by atoms with Crippen molar-refractivity contribution in [1.82, 2.24) is 15.1 Å². The standard InChI is InChI=1S/C22H28N4O2/c1-14(2)16-12-17(24-23-16)19-11-15-13-25(18-7-4-5-8-20(18)28-3)21(27)22(15)9-6-10-26(19)22/h4-5,7-8,12,14-15,19H,6,9-11,13H2,1-3H3,(H,23,24)/t15-,19-,22-/m0/s1. The van der Waals surface area contributed by atoms with Gasteiger partial charge in [0, 0.05) is 12.5 Å². The number of ether oxygens (including phenoxy) is 1. The summed E-state index contributed by atoms with van der Waals surface area (Å²) >= 11 is 0. The van der Waals surface area contributed by atoms with E-state index in [4.69, 9.17) is 4.74 Å². The van der Waals surface area contributed by atoms with E-state index in [-0.39, 0.29) is 17.5 Å². The van der Waals surface area contributed by atoms with Gasteiger partial charge in [-0.15, -0.1) is 0 Å². The molecule has 3 saturated heterocycles. The van der Waals surface area contributed by atoms with Crippen LogP contribution in [0.5, 0.6) is 5.75 Å². The summed E-state index contributed by atoms with van der Waals surface area (Å²) < 4.78 is 5.53. The molecule has 1 N–H and O–H groups in total. The number of carbonyl (C=O) groups excluding carboxylic acids is 1. The van der Waals surface area contributed by atoms with Crippen LogP contribution in [0.25, 0.3) is 0 Å². The predicted octanol–water partition coefficient (Wildman–Crippen LogP) is 3.48. The number of anilines is 1. The molecular formula is C22H28N4O2. The van der Waals surface area contributed by atoms with Crippen LogP contribution in [0.4, 0.5) is 5.69 Å². The number of methoxy groups -OCH3 is 1. The molecule has 0 bridgehead atoms. The van der Waals surface area contributed by atoms with E-state index < -0.39 is 0 Å². The molecule has 3 atom stereocenters. The first-order valence-corrected chi connectivity index (χ1v) is 10.3. The summed E-state index contributed by atoms with van der Waals surface area (Å²) in [5.74, 6) is 1.75. The summed E-state index contributed by atoms with van der Waals surface area (Å²) in [6.07, 6.45) is 3.02. The number of rotatable bonds is 4. The quantitative estimate of drug-likeness (QED) is 0.882. The zero-order chi connectivity index (χ0) is 19.5. The van der Waals surface area contributed by atoms with E-state index in [0.29, 0.717) is 11.8 Å². The van der Waals surface area contributed by atoms with E-state index in [0.717, 1.165) is 55.2 Å². The lowest BCUT2D eigenvalue weighted by Gasteiger charge is -2.33. The van der Waals surface area contributed by atoms with Crippen molar-refractivity contribution in [2.75, 3.05) is 25.1 Å². The molecule has 28 heavy (non-hydrogen) atoms. The minimum atomic E-state index is -0.366. The highest BCUT2D eigenvalue weighted by Crippen LogP contribution is 2.56. The van der Waals surface area contributed by atoms with Gasteiger partial charge in [0.15, 0.2) is 0 Å². The average Bonchev–Trinajstić information content (AvgIpc) is 3.44. The molecule has 148 valence electrons. The molecule has 1 amide bonds. The van der Waals surface area contributed by atoms with Crippen molar-refractivity contribution in [1.29, 1.82) is 0 Å². The van der Waals surface area contributed by atoms with Gasteiger partial charge >= 0.3 is 0 Å². The number of hydrogen-bond donors (Lipinski definition) is 1. The Kier molecular flexibility index (Phi) is 4.02. The van der Waals surface area contributed by atoms with Crippen molar-refractivity contribution in [2.45, 2.75) is 50.6 Å². The molecule has 3 aliphatic heterocycles. The van der Waals surface area contributed by atoms with Gasteiger partial charge in [0.2, 0.25) is 5.91 Å². The van der Waals surface area contributed by atoms with Gasteiger partial charge in [-0.25, -0.2) is 0 Å². The van der Waals surface area contributed by atoms with Gasteiger partial charge in [0.25, 0.3) is 0 Å². The molecule has 3 fully saturated rings. The number of nitrogens with one attached hydrogen (secondary N) is 1. The molecule has 3 aliphatic rings. The lowest BCUT2D eigenvalue weighted by Crippen LogP contribution is -2.49. The second-order valence-corrected chi connectivity index (χ2v) is 8.66. The molecule has 6 heteroatoms. The molecule has 0 aliphatic carbocycles. The maximum absolute atomic E-state index is 13.8. The van der Waals surface area contributed by atoms with Crippen LogP contribution >= 0.6 is 0 Å². The van der Waals surface area contributed by atoms with E-state index >= 15 is 0 Å². The molecule has 0 saturated carbocycles. The third-order valence-corrected chi connectivity index (χ3v) is 6.99. The van der Waals surface area contributed by atoms with Crippen molar-refractivity contribution in [2.24, 2.45) is 5.92 Å². The van der Waals surface area contributed by atoms with Crippen molar-refractivity contribution in [3.63, 3.8) is 0 Å². The number of aromatic nitrogens is 2. The minimum Gasteiger partial charge on any atom is -0.495 e. The van der Waals surface area contributed by atoms with Gasteiger partial charge in [-0.2, -0.15) is 5.10 Å². The van der Waals surface area contributed by atoms with Crippen LogP contribution < -0.4 is 9.64 Å². The molecule has 1 spiro atoms. The fourth-order valence-corrected chi connectivity index (χ4v) is 5.67. The Morgan fingerprint density at radius 3 is 2.89 bits per heavy atom. The monoisotopic (exact) mass is 380 g/mol. The number of para-hydroxylation sites is 2. The number of hydrogen-bond acceptors (Lipinski definition) is 4. The fourth-order valence-electron chi connectivity index (χ4n) is 5.67. The molecule has 6 nitrogen and oxygen atoms in total. The summed E-state index contributed by atoms with van der Waals surface area (Å²) in [4.78, 5) is 18.2. The van der Waals surface area contributed by atoms with E-state index in [2.05, 4.69) is 35.0 Å². The summed E-state index contributed by atoms with van der Waals surface area (Å²) in [5, 5.41) is 7.77. The molecule has 5 rings (SSSR count). The molecule has 4 heterocycles. The van der Waals surface area contributed by atoms with Crippen LogP contribution in [-0.2, 0) is 4.79 Å². The summed E-state index contributed by atoms with van der Waals surface area (Å²) in [7, 11) is 1.67. The van der Waals surface area contributed by atoms with Crippen LogP contribution in [0.3, 0.4) is 0 Å². The second-order valence-electron chi connectivity index (χ2n) is 8.66. The number of aromatic amines is 1. The lowest BCUT2D eigenvalue weighted by atomic mass is 9.85. The van der Waals surface area contributed by atoms with Gasteiger partial charge in [-0.3, -0.25) is 14.8 Å². The highest BCUT2D eigenvalue weighted by Gasteiger charge is 2.65. The van der Waals surface area contributed by atoms with Gasteiger partial charge in [0.1, 0.15) is 11.3 Å². The van der Waals surface area contributed by atoms with Gasteiger partial charge < -0.3 is 9.64 Å². The van der Waals surface area contributed by atoms with Crippen molar-refractivity contribution < 1.29 is 9.53 Å². The van der Waals surface area contributed by atoms with Gasteiger partial charge in [0.05, 0.1) is 30.2 Å². The molecular weight excluding hydrogens is 352 g/mol. The Morgan fingerprint density at radius 1 is 1.32 bits per heavy atom. The molecule has 1 aromatic heterocycles. The highest BCUT2D eigenvalue weighted by atomic mass is 16.5. The summed E-state index contributed by atoms with van der Waals surface area (Å²) in [5.41, 5.74) is 2.79. The Morgan fingerprint density at radius 2 is 2.14 bits per heavy atom. The zero-order valence-electron chi connectivity index (χ0n) is 16.8. The molecule has 2 aromatic rings. The Bertz CT molecular complexity index is 907. The number of nitrogens with zero attached hydrogens (tertiary/aromatic N) is 3. The average molecular weight is 380 g/mol. The maximum atomic E-state index is 13.8. The topological polar surface area (TPSA) is 61.5 Å². The van der Waals surface area contributed by atoms with E-state index in [1.807, 2.05) is 29.2 Å².